The van der Waals surface area contributed by atoms with Gasteiger partial charge in [0.25, 0.3) is 0 Å². The lowest BCUT2D eigenvalue weighted by molar-refractivity contribution is -0.121. The number of carbonyl (C=O) groups excluding carboxylic acids is 1. The number of rotatable bonds is 8. The summed E-state index contributed by atoms with van der Waals surface area (Å²) in [6.07, 6.45) is 4.88. The second kappa shape index (κ2) is 7.29. The maximum Gasteiger partial charge on any atom is 0.221 e. The number of hydrogen-bond acceptors (Lipinski definition) is 3. The van der Waals surface area contributed by atoms with Gasteiger partial charge in [-0.05, 0) is 50.3 Å². The van der Waals surface area contributed by atoms with Crippen LogP contribution >= 0.6 is 0 Å². The number of phenols is 1. The quantitative estimate of drug-likeness (QED) is 0.680. The lowest BCUT2D eigenvalue weighted by atomic mass is 10.1. The predicted molar refractivity (Wildman–Crippen MR) is 79.7 cm³/mol. The van der Waals surface area contributed by atoms with Gasteiger partial charge in [-0.15, -0.1) is 0 Å². The van der Waals surface area contributed by atoms with Gasteiger partial charge in [-0.25, -0.2) is 0 Å². The van der Waals surface area contributed by atoms with E-state index in [1.807, 2.05) is 19.1 Å². The molecule has 0 bridgehead atoms. The lowest BCUT2D eigenvalue weighted by Gasteiger charge is -2.14. The molecule has 1 atom stereocenters. The van der Waals surface area contributed by atoms with Gasteiger partial charge in [0.05, 0.1) is 0 Å². The van der Waals surface area contributed by atoms with Crippen LogP contribution in [-0.4, -0.2) is 29.6 Å². The molecule has 0 aliphatic heterocycles. The topological polar surface area (TPSA) is 61.4 Å². The fraction of sp³-hybridized carbons (Fsp3) is 0.562. The fourth-order valence-electron chi connectivity index (χ4n) is 2.14. The molecule has 1 aliphatic rings. The van der Waals surface area contributed by atoms with Gasteiger partial charge < -0.3 is 15.7 Å². The van der Waals surface area contributed by atoms with Crippen LogP contribution in [0.25, 0.3) is 0 Å². The summed E-state index contributed by atoms with van der Waals surface area (Å²) in [5.74, 6) is 0.412. The maximum absolute atomic E-state index is 11.7. The minimum atomic E-state index is 0.122. The first-order valence-electron chi connectivity index (χ1n) is 7.44. The molecule has 110 valence electrons. The summed E-state index contributed by atoms with van der Waals surface area (Å²) in [6.45, 7) is 2.81. The molecule has 1 amide bonds. The van der Waals surface area contributed by atoms with Gasteiger partial charge >= 0.3 is 0 Å². The summed E-state index contributed by atoms with van der Waals surface area (Å²) in [4.78, 5) is 11.7. The van der Waals surface area contributed by atoms with E-state index < -0.39 is 0 Å². The van der Waals surface area contributed by atoms with Crippen molar-refractivity contribution in [1.29, 1.82) is 0 Å². The second-order valence-electron chi connectivity index (χ2n) is 5.65. The van der Waals surface area contributed by atoms with Crippen LogP contribution in [0.4, 0.5) is 0 Å². The van der Waals surface area contributed by atoms with Crippen LogP contribution in [0.15, 0.2) is 24.3 Å². The van der Waals surface area contributed by atoms with Gasteiger partial charge in [-0.3, -0.25) is 4.79 Å². The maximum atomic E-state index is 11.7. The minimum Gasteiger partial charge on any atom is -0.508 e. The van der Waals surface area contributed by atoms with Crippen molar-refractivity contribution in [3.63, 3.8) is 0 Å². The Bertz CT molecular complexity index is 427. The Balaban J connectivity index is 1.59. The Morgan fingerprint density at radius 1 is 1.35 bits per heavy atom. The van der Waals surface area contributed by atoms with E-state index in [1.54, 1.807) is 12.1 Å². The highest BCUT2D eigenvalue weighted by Gasteiger charge is 2.20. The number of hydrogen-bond donors (Lipinski definition) is 3. The van der Waals surface area contributed by atoms with Crippen LogP contribution in [0.3, 0.4) is 0 Å². The van der Waals surface area contributed by atoms with Crippen LogP contribution in [0.2, 0.25) is 0 Å². The molecule has 1 aromatic rings. The molecule has 0 saturated heterocycles. The SMILES string of the molecule is CC(CCc1ccc(O)cc1)NC(=O)CCNC1CC1. The average Bonchev–Trinajstić information content (AvgIpc) is 3.22. The molecule has 0 heterocycles. The summed E-state index contributed by atoms with van der Waals surface area (Å²) in [7, 11) is 0. The third kappa shape index (κ3) is 5.61. The molecule has 4 nitrogen and oxygen atoms in total. The zero-order valence-corrected chi connectivity index (χ0v) is 12.1. The number of phenolic OH excluding ortho intramolecular Hbond substituents is 1. The third-order valence-corrected chi connectivity index (χ3v) is 3.57. The van der Waals surface area contributed by atoms with E-state index >= 15 is 0 Å². The Morgan fingerprint density at radius 3 is 2.70 bits per heavy atom. The third-order valence-electron chi connectivity index (χ3n) is 3.57. The number of aromatic hydroxyl groups is 1. The van der Waals surface area contributed by atoms with Crippen molar-refractivity contribution in [1.82, 2.24) is 10.6 Å². The van der Waals surface area contributed by atoms with Crippen molar-refractivity contribution in [3.8, 4) is 5.75 Å². The highest BCUT2D eigenvalue weighted by Crippen LogP contribution is 2.18. The first kappa shape index (κ1) is 14.9. The van der Waals surface area contributed by atoms with E-state index in [0.29, 0.717) is 18.2 Å². The smallest absolute Gasteiger partial charge is 0.221 e. The number of aryl methyl sites for hydroxylation is 1. The van der Waals surface area contributed by atoms with Crippen molar-refractivity contribution in [2.75, 3.05) is 6.54 Å². The summed E-state index contributed by atoms with van der Waals surface area (Å²) in [5, 5.41) is 15.6. The molecule has 1 aliphatic carbocycles. The zero-order valence-electron chi connectivity index (χ0n) is 12.1. The molecule has 1 aromatic carbocycles. The Labute approximate surface area is 120 Å². The van der Waals surface area contributed by atoms with Crippen molar-refractivity contribution in [2.24, 2.45) is 0 Å². The molecule has 4 heteroatoms. The van der Waals surface area contributed by atoms with Gasteiger partial charge in [-0.1, -0.05) is 12.1 Å². The Morgan fingerprint density at radius 2 is 2.05 bits per heavy atom. The molecule has 0 spiro atoms. The lowest BCUT2D eigenvalue weighted by Crippen LogP contribution is -2.35. The van der Waals surface area contributed by atoms with E-state index in [-0.39, 0.29) is 11.9 Å². The monoisotopic (exact) mass is 276 g/mol. The number of benzene rings is 1. The van der Waals surface area contributed by atoms with E-state index in [1.165, 1.54) is 18.4 Å². The first-order valence-corrected chi connectivity index (χ1v) is 7.44. The average molecular weight is 276 g/mol. The highest BCUT2D eigenvalue weighted by atomic mass is 16.3. The summed E-state index contributed by atoms with van der Waals surface area (Å²) in [5.41, 5.74) is 1.18. The molecule has 3 N–H and O–H groups in total. The number of carbonyl (C=O) groups is 1. The molecule has 20 heavy (non-hydrogen) atoms. The van der Waals surface area contributed by atoms with E-state index in [4.69, 9.17) is 0 Å². The zero-order chi connectivity index (χ0) is 14.4. The highest BCUT2D eigenvalue weighted by molar-refractivity contribution is 5.76. The second-order valence-corrected chi connectivity index (χ2v) is 5.65. The van der Waals surface area contributed by atoms with Gasteiger partial charge in [0.2, 0.25) is 5.91 Å². The molecule has 1 fully saturated rings. The normalized spacial score (nSPS) is 15.8. The van der Waals surface area contributed by atoms with Crippen molar-refractivity contribution in [2.45, 2.75) is 51.1 Å². The molecule has 0 radical (unpaired) electrons. The van der Waals surface area contributed by atoms with Crippen molar-refractivity contribution in [3.05, 3.63) is 29.8 Å². The van der Waals surface area contributed by atoms with Crippen LogP contribution < -0.4 is 10.6 Å². The molecule has 1 saturated carbocycles. The van der Waals surface area contributed by atoms with Gasteiger partial charge in [-0.2, -0.15) is 0 Å². The van der Waals surface area contributed by atoms with E-state index in [9.17, 15) is 9.90 Å². The van der Waals surface area contributed by atoms with Crippen LogP contribution in [0.1, 0.15) is 38.2 Å². The molecular weight excluding hydrogens is 252 g/mol. The number of amides is 1. The first-order chi connectivity index (χ1) is 9.63. The molecule has 0 aromatic heterocycles. The van der Waals surface area contributed by atoms with Gasteiger partial charge in [0.15, 0.2) is 0 Å². The molecular formula is C16H24N2O2. The summed E-state index contributed by atoms with van der Waals surface area (Å²) < 4.78 is 0. The Kier molecular flexibility index (Phi) is 5.41. The van der Waals surface area contributed by atoms with Gasteiger partial charge in [0.1, 0.15) is 5.75 Å². The van der Waals surface area contributed by atoms with Crippen molar-refractivity contribution >= 4 is 5.91 Å². The van der Waals surface area contributed by atoms with Gasteiger partial charge in [0, 0.05) is 25.0 Å². The largest absolute Gasteiger partial charge is 0.508 e. The predicted octanol–water partition coefficient (Wildman–Crippen LogP) is 1.97. The van der Waals surface area contributed by atoms with E-state index in [0.717, 1.165) is 19.4 Å². The van der Waals surface area contributed by atoms with E-state index in [2.05, 4.69) is 10.6 Å². The van der Waals surface area contributed by atoms with Crippen LogP contribution in [0.5, 0.6) is 5.75 Å². The molecule has 2 rings (SSSR count). The summed E-state index contributed by atoms with van der Waals surface area (Å²) >= 11 is 0. The summed E-state index contributed by atoms with van der Waals surface area (Å²) in [6, 6.07) is 8.07. The van der Waals surface area contributed by atoms with Crippen LogP contribution in [0, 0.1) is 0 Å². The molecule has 1 unspecified atom stereocenters. The van der Waals surface area contributed by atoms with Crippen molar-refractivity contribution < 1.29 is 9.90 Å². The minimum absolute atomic E-state index is 0.122. The Hall–Kier alpha value is -1.55. The number of nitrogens with one attached hydrogen (secondary N) is 2. The van der Waals surface area contributed by atoms with Crippen LogP contribution in [-0.2, 0) is 11.2 Å². The standard InChI is InChI=1S/C16H24N2O2/c1-12(2-3-13-4-8-15(19)9-5-13)18-16(20)10-11-17-14-6-7-14/h4-5,8-9,12,14,17,19H,2-3,6-7,10-11H2,1H3,(H,18,20). The fourth-order valence-corrected chi connectivity index (χ4v) is 2.14.